The number of hydrogen-bond donors (Lipinski definition) is 1. The van der Waals surface area contributed by atoms with E-state index in [1.807, 2.05) is 18.2 Å². The van der Waals surface area contributed by atoms with Crippen LogP contribution >= 0.6 is 12.4 Å². The second-order valence-electron chi connectivity index (χ2n) is 19.9. The highest BCUT2D eigenvalue weighted by Gasteiger charge is 2.38. The number of carbonyl (C=O) groups excluding carboxylic acids is 3. The molecule has 2 aliphatic heterocycles. The number of ether oxygens (including phenoxy) is 4. The van der Waals surface area contributed by atoms with Gasteiger partial charge in [0.25, 0.3) is 0 Å². The van der Waals surface area contributed by atoms with Gasteiger partial charge in [0, 0.05) is 51.6 Å². The molecular formula is C58H83ClN2O7. The van der Waals surface area contributed by atoms with Crippen molar-refractivity contribution >= 4 is 52.2 Å². The Morgan fingerprint density at radius 1 is 0.588 bits per heavy atom. The molecule has 2 aliphatic carbocycles. The van der Waals surface area contributed by atoms with Gasteiger partial charge in [-0.05, 0) is 164 Å². The van der Waals surface area contributed by atoms with Crippen LogP contribution < -0.4 is 5.32 Å². The number of unbranched alkanes of at least 4 members (excludes halogenated alkanes) is 2. The number of halogens is 1. The lowest BCUT2D eigenvalue weighted by molar-refractivity contribution is -0.148. The number of nitrogens with zero attached hydrogens (tertiary/aromatic N) is 1. The van der Waals surface area contributed by atoms with Crippen LogP contribution in [-0.2, 0) is 47.9 Å². The van der Waals surface area contributed by atoms with Crippen molar-refractivity contribution in [3.63, 3.8) is 0 Å². The Labute approximate surface area is 414 Å². The fourth-order valence-electron chi connectivity index (χ4n) is 10.7. The van der Waals surface area contributed by atoms with E-state index in [1.54, 1.807) is 0 Å². The van der Waals surface area contributed by atoms with E-state index in [4.69, 9.17) is 18.9 Å². The summed E-state index contributed by atoms with van der Waals surface area (Å²) in [5, 5.41) is 8.32. The number of likely N-dealkylation sites (tertiary alicyclic amines) is 1. The molecule has 2 saturated carbocycles. The predicted octanol–water partition coefficient (Wildman–Crippen LogP) is 12.0. The Morgan fingerprint density at radius 3 is 1.53 bits per heavy atom. The minimum atomic E-state index is -0.00353. The fraction of sp³-hybridized carbons (Fsp3) is 0.603. The van der Waals surface area contributed by atoms with Gasteiger partial charge < -0.3 is 24.3 Å². The van der Waals surface area contributed by atoms with Gasteiger partial charge in [-0.2, -0.15) is 0 Å². The summed E-state index contributed by atoms with van der Waals surface area (Å²) in [5.41, 5.74) is 4.91. The third-order valence-electron chi connectivity index (χ3n) is 14.8. The van der Waals surface area contributed by atoms with Crippen LogP contribution in [0.15, 0.2) is 72.8 Å². The number of esters is 2. The van der Waals surface area contributed by atoms with Crippen molar-refractivity contribution in [3.8, 4) is 0 Å². The number of fused-ring (bicyclic) bond motifs is 2. The van der Waals surface area contributed by atoms with Crippen LogP contribution in [0.4, 0.5) is 0 Å². The summed E-state index contributed by atoms with van der Waals surface area (Å²) in [5.74, 6) is 3.32. The number of nitrogens with one attached hydrogen (secondary N) is 1. The number of methoxy groups -OCH3 is 2. The van der Waals surface area contributed by atoms with E-state index in [0.717, 1.165) is 165 Å². The summed E-state index contributed by atoms with van der Waals surface area (Å²) < 4.78 is 20.9. The van der Waals surface area contributed by atoms with Crippen molar-refractivity contribution in [2.24, 2.45) is 35.5 Å². The highest BCUT2D eigenvalue weighted by Crippen LogP contribution is 2.39. The number of hydrogen-bond acceptors (Lipinski definition) is 9. The average molecular weight is 956 g/mol. The molecule has 0 spiro atoms. The Balaban J connectivity index is 0.000000209. The first-order valence-corrected chi connectivity index (χ1v) is 26.0. The Hall–Kier alpha value is -3.86. The summed E-state index contributed by atoms with van der Waals surface area (Å²) in [6.45, 7) is 13.4. The molecule has 4 aromatic rings. The SMILES string of the molecule is CCCOCCCCc1ccc2cc(C=O)ccc2c1.CCCOCCCCc1ccc2cc(CN3CC(C4CCCC(C(=O)OC)C4)C3)ccc2c1.COC(=O)C1CCCC(C2CNC2)C1.Cl. The van der Waals surface area contributed by atoms with Gasteiger partial charge in [0.1, 0.15) is 6.29 Å². The summed E-state index contributed by atoms with van der Waals surface area (Å²) in [4.78, 5) is 36.7. The van der Waals surface area contributed by atoms with E-state index < -0.39 is 0 Å². The van der Waals surface area contributed by atoms with E-state index in [9.17, 15) is 14.4 Å². The van der Waals surface area contributed by atoms with Crippen molar-refractivity contribution in [3.05, 3.63) is 95.1 Å². The molecule has 10 heteroatoms. The van der Waals surface area contributed by atoms with Gasteiger partial charge >= 0.3 is 11.9 Å². The van der Waals surface area contributed by atoms with E-state index in [0.29, 0.717) is 5.92 Å². The summed E-state index contributed by atoms with van der Waals surface area (Å²) in [6.07, 6.45) is 18.9. The minimum Gasteiger partial charge on any atom is -0.469 e. The van der Waals surface area contributed by atoms with E-state index in [2.05, 4.69) is 78.7 Å². The molecule has 2 heterocycles. The highest BCUT2D eigenvalue weighted by atomic mass is 35.5. The lowest BCUT2D eigenvalue weighted by Crippen LogP contribution is -2.50. The normalized spacial score (nSPS) is 20.6. The minimum absolute atomic E-state index is 0. The maximum Gasteiger partial charge on any atom is 0.308 e. The molecule has 4 aromatic carbocycles. The molecule has 1 N–H and O–H groups in total. The lowest BCUT2D eigenvalue weighted by Gasteiger charge is -2.45. The van der Waals surface area contributed by atoms with E-state index in [-0.39, 0.29) is 36.2 Å². The van der Waals surface area contributed by atoms with Gasteiger partial charge in [-0.3, -0.25) is 19.3 Å². The maximum absolute atomic E-state index is 11.9. The van der Waals surface area contributed by atoms with Crippen LogP contribution in [0.1, 0.15) is 131 Å². The van der Waals surface area contributed by atoms with Crippen molar-refractivity contribution in [2.45, 2.75) is 123 Å². The Bertz CT molecular complexity index is 2120. The molecule has 4 atom stereocenters. The summed E-state index contributed by atoms with van der Waals surface area (Å²) in [6, 6.07) is 26.2. The molecule has 4 unspecified atom stereocenters. The van der Waals surface area contributed by atoms with Gasteiger partial charge in [-0.15, -0.1) is 12.4 Å². The zero-order valence-corrected chi connectivity index (χ0v) is 42.7. The topological polar surface area (TPSA) is 103 Å². The smallest absolute Gasteiger partial charge is 0.308 e. The summed E-state index contributed by atoms with van der Waals surface area (Å²) in [7, 11) is 3.02. The van der Waals surface area contributed by atoms with Crippen LogP contribution in [0, 0.1) is 35.5 Å². The second kappa shape index (κ2) is 30.0. The monoisotopic (exact) mass is 955 g/mol. The zero-order chi connectivity index (χ0) is 47.2. The Morgan fingerprint density at radius 2 is 1.06 bits per heavy atom. The second-order valence-corrected chi connectivity index (χ2v) is 19.9. The molecule has 8 rings (SSSR count). The van der Waals surface area contributed by atoms with Gasteiger partial charge in [0.2, 0.25) is 0 Å². The maximum atomic E-state index is 11.9. The first-order valence-electron chi connectivity index (χ1n) is 26.0. The molecule has 2 saturated heterocycles. The first-order chi connectivity index (χ1) is 32.8. The van der Waals surface area contributed by atoms with Crippen molar-refractivity contribution in [1.29, 1.82) is 0 Å². The van der Waals surface area contributed by atoms with E-state index >= 15 is 0 Å². The van der Waals surface area contributed by atoms with Crippen LogP contribution in [0.25, 0.3) is 21.5 Å². The highest BCUT2D eigenvalue weighted by molar-refractivity contribution is 5.89. The standard InChI is InChI=1S/C29H41NO3.C18H22O2.C11H19NO2.ClH/c1-3-14-33-15-5-4-7-22-10-12-26-17-23(11-13-25(26)16-22)19-30-20-28(21-30)24-8-6-9-27(18-24)29(31)32-2;1-2-10-20-11-4-3-5-15-6-8-18-13-16(14-19)7-9-17(18)12-15;1-14-11(13)9-4-2-3-8(5-9)10-6-12-7-10;/h10-13,16-17,24,27-28H,3-9,14-15,18-21H2,1-2H3;6-9,12-14H,2-5,10-11H2,1H3;8-10,12H,2-7H2,1H3;1H. The van der Waals surface area contributed by atoms with Crippen LogP contribution in [0.3, 0.4) is 0 Å². The quantitative estimate of drug-likeness (QED) is 0.0497. The van der Waals surface area contributed by atoms with Crippen molar-refractivity contribution < 1.29 is 33.3 Å². The molecule has 0 amide bonds. The molecule has 4 aliphatic rings. The van der Waals surface area contributed by atoms with Gasteiger partial charge in [0.15, 0.2) is 0 Å². The molecule has 0 bridgehead atoms. The molecule has 4 fully saturated rings. The lowest BCUT2D eigenvalue weighted by atomic mass is 9.72. The number of carbonyl (C=O) groups is 3. The van der Waals surface area contributed by atoms with Gasteiger partial charge in [-0.1, -0.05) is 100 Å². The van der Waals surface area contributed by atoms with Gasteiger partial charge in [-0.25, -0.2) is 0 Å². The summed E-state index contributed by atoms with van der Waals surface area (Å²) >= 11 is 0. The molecule has 374 valence electrons. The van der Waals surface area contributed by atoms with E-state index in [1.165, 1.54) is 79.2 Å². The first kappa shape index (κ1) is 55.1. The number of benzene rings is 4. The number of aldehydes is 1. The average Bonchev–Trinajstić information content (AvgIpc) is 3.34. The largest absolute Gasteiger partial charge is 0.469 e. The van der Waals surface area contributed by atoms with Crippen LogP contribution in [0.2, 0.25) is 0 Å². The number of aryl methyl sites for hydroxylation is 2. The van der Waals surface area contributed by atoms with Gasteiger partial charge in [0.05, 0.1) is 26.1 Å². The molecule has 0 radical (unpaired) electrons. The van der Waals surface area contributed by atoms with Crippen LogP contribution in [-0.4, -0.2) is 90.0 Å². The molecule has 0 aromatic heterocycles. The molecule has 68 heavy (non-hydrogen) atoms. The third-order valence-corrected chi connectivity index (χ3v) is 14.8. The Kier molecular flexibility index (Phi) is 24.3. The predicted molar refractivity (Wildman–Crippen MR) is 279 cm³/mol. The third kappa shape index (κ3) is 17.2. The fourth-order valence-corrected chi connectivity index (χ4v) is 10.7. The number of rotatable bonds is 21. The molecule has 9 nitrogen and oxygen atoms in total. The zero-order valence-electron chi connectivity index (χ0n) is 41.9. The molecular weight excluding hydrogens is 872 g/mol. The van der Waals surface area contributed by atoms with Crippen LogP contribution in [0.5, 0.6) is 0 Å². The van der Waals surface area contributed by atoms with Crippen molar-refractivity contribution in [2.75, 3.05) is 66.8 Å². The van der Waals surface area contributed by atoms with Crippen molar-refractivity contribution in [1.82, 2.24) is 10.2 Å².